The summed E-state index contributed by atoms with van der Waals surface area (Å²) in [7, 11) is 1.58. The van der Waals surface area contributed by atoms with Crippen LogP contribution in [0.2, 0.25) is 0 Å². The molecule has 0 saturated carbocycles. The summed E-state index contributed by atoms with van der Waals surface area (Å²) in [4.78, 5) is 26.3. The van der Waals surface area contributed by atoms with Gasteiger partial charge >= 0.3 is 0 Å². The number of hydrogen-bond donors (Lipinski definition) is 0. The largest absolute Gasteiger partial charge is 0.497 e. The van der Waals surface area contributed by atoms with Crippen molar-refractivity contribution in [1.82, 2.24) is 0 Å². The second kappa shape index (κ2) is 5.40. The molecule has 21 heavy (non-hydrogen) atoms. The zero-order valence-electron chi connectivity index (χ0n) is 11.7. The molecule has 0 spiro atoms. The first-order valence-electron chi connectivity index (χ1n) is 6.74. The minimum Gasteiger partial charge on any atom is -0.497 e. The van der Waals surface area contributed by atoms with E-state index in [0.717, 1.165) is 5.69 Å². The lowest BCUT2D eigenvalue weighted by molar-refractivity contribution is -0.123. The fourth-order valence-corrected chi connectivity index (χ4v) is 2.57. The number of Topliss-reactive ketones (excluding diaryl/α,β-unsaturated/α-hetero) is 1. The second-order valence-corrected chi connectivity index (χ2v) is 4.93. The van der Waals surface area contributed by atoms with E-state index < -0.39 is 5.92 Å². The number of para-hydroxylation sites is 1. The standard InChI is InChI=1S/C17H15NO3/c1-21-14-9-7-12(8-10-14)16-15(19)11-18(17(16)20)13-5-3-2-4-6-13/h2-10,16H,11H2,1H3. The van der Waals surface area contributed by atoms with E-state index in [2.05, 4.69) is 0 Å². The lowest BCUT2D eigenvalue weighted by Crippen LogP contribution is -2.26. The number of hydrogen-bond acceptors (Lipinski definition) is 3. The molecule has 0 aliphatic carbocycles. The van der Waals surface area contributed by atoms with Crippen LogP contribution >= 0.6 is 0 Å². The Bertz CT molecular complexity index is 664. The molecule has 1 amide bonds. The topological polar surface area (TPSA) is 46.6 Å². The second-order valence-electron chi connectivity index (χ2n) is 4.93. The third-order valence-electron chi connectivity index (χ3n) is 3.67. The number of ether oxygens (including phenoxy) is 1. The molecular formula is C17H15NO3. The molecule has 0 bridgehead atoms. The minimum atomic E-state index is -0.712. The third-order valence-corrected chi connectivity index (χ3v) is 3.67. The van der Waals surface area contributed by atoms with E-state index in [9.17, 15) is 9.59 Å². The number of carbonyl (C=O) groups is 2. The van der Waals surface area contributed by atoms with Gasteiger partial charge in [-0.05, 0) is 29.8 Å². The first-order valence-corrected chi connectivity index (χ1v) is 6.74. The van der Waals surface area contributed by atoms with Gasteiger partial charge in [-0.15, -0.1) is 0 Å². The summed E-state index contributed by atoms with van der Waals surface area (Å²) in [5.74, 6) is -0.252. The van der Waals surface area contributed by atoms with Gasteiger partial charge in [0, 0.05) is 5.69 Å². The number of carbonyl (C=O) groups excluding carboxylic acids is 2. The predicted molar refractivity (Wildman–Crippen MR) is 79.5 cm³/mol. The van der Waals surface area contributed by atoms with Gasteiger partial charge < -0.3 is 9.64 Å². The van der Waals surface area contributed by atoms with Crippen LogP contribution in [0.4, 0.5) is 5.69 Å². The van der Waals surface area contributed by atoms with Crippen LogP contribution < -0.4 is 9.64 Å². The number of rotatable bonds is 3. The number of amides is 1. The van der Waals surface area contributed by atoms with Crippen LogP contribution in [0.1, 0.15) is 11.5 Å². The molecule has 1 aliphatic heterocycles. The van der Waals surface area contributed by atoms with Crippen molar-refractivity contribution in [3.05, 3.63) is 60.2 Å². The summed E-state index contributed by atoms with van der Waals surface area (Å²) < 4.78 is 5.10. The van der Waals surface area contributed by atoms with Gasteiger partial charge in [0.2, 0.25) is 5.91 Å². The van der Waals surface area contributed by atoms with E-state index >= 15 is 0 Å². The molecule has 0 N–H and O–H groups in total. The van der Waals surface area contributed by atoms with Gasteiger partial charge in [-0.3, -0.25) is 9.59 Å². The van der Waals surface area contributed by atoms with Crippen molar-refractivity contribution in [3.8, 4) is 5.75 Å². The first-order chi connectivity index (χ1) is 10.2. The molecule has 4 heteroatoms. The smallest absolute Gasteiger partial charge is 0.242 e. The van der Waals surface area contributed by atoms with Crippen molar-refractivity contribution < 1.29 is 14.3 Å². The van der Waals surface area contributed by atoms with Crippen molar-refractivity contribution >= 4 is 17.4 Å². The Labute approximate surface area is 123 Å². The van der Waals surface area contributed by atoms with Crippen molar-refractivity contribution in [2.75, 3.05) is 18.6 Å². The van der Waals surface area contributed by atoms with E-state index in [1.165, 1.54) is 4.90 Å². The number of methoxy groups -OCH3 is 1. The predicted octanol–water partition coefficient (Wildman–Crippen LogP) is 2.39. The summed E-state index contributed by atoms with van der Waals surface area (Å²) in [6, 6.07) is 16.3. The van der Waals surface area contributed by atoms with Gasteiger partial charge in [0.25, 0.3) is 0 Å². The summed E-state index contributed by atoms with van der Waals surface area (Å²) in [5.41, 5.74) is 1.47. The molecule has 3 rings (SSSR count). The van der Waals surface area contributed by atoms with E-state index in [-0.39, 0.29) is 18.2 Å². The molecule has 1 atom stereocenters. The van der Waals surface area contributed by atoms with Gasteiger partial charge in [0.15, 0.2) is 5.78 Å². The summed E-state index contributed by atoms with van der Waals surface area (Å²) in [5, 5.41) is 0. The quantitative estimate of drug-likeness (QED) is 0.812. The summed E-state index contributed by atoms with van der Waals surface area (Å²) in [6.07, 6.45) is 0. The molecule has 1 fully saturated rings. The highest BCUT2D eigenvalue weighted by Gasteiger charge is 2.40. The Morgan fingerprint density at radius 1 is 1.00 bits per heavy atom. The molecule has 1 unspecified atom stereocenters. The Morgan fingerprint density at radius 2 is 1.67 bits per heavy atom. The van der Waals surface area contributed by atoms with Crippen LogP contribution in [-0.2, 0) is 9.59 Å². The van der Waals surface area contributed by atoms with Crippen LogP contribution in [0, 0.1) is 0 Å². The number of anilines is 1. The van der Waals surface area contributed by atoms with Crippen molar-refractivity contribution in [2.45, 2.75) is 5.92 Å². The zero-order chi connectivity index (χ0) is 14.8. The molecule has 0 radical (unpaired) electrons. The normalized spacial score (nSPS) is 18.1. The molecule has 4 nitrogen and oxygen atoms in total. The molecule has 2 aromatic rings. The van der Waals surface area contributed by atoms with E-state index in [1.54, 1.807) is 31.4 Å². The fraction of sp³-hybridized carbons (Fsp3) is 0.176. The maximum absolute atomic E-state index is 12.5. The third kappa shape index (κ3) is 2.40. The molecule has 1 saturated heterocycles. The summed E-state index contributed by atoms with van der Waals surface area (Å²) >= 11 is 0. The Kier molecular flexibility index (Phi) is 3.44. The van der Waals surface area contributed by atoms with Gasteiger partial charge in [-0.2, -0.15) is 0 Å². The van der Waals surface area contributed by atoms with Crippen molar-refractivity contribution in [1.29, 1.82) is 0 Å². The van der Waals surface area contributed by atoms with E-state index in [4.69, 9.17) is 4.74 Å². The average Bonchev–Trinajstić information content (AvgIpc) is 2.83. The Hall–Kier alpha value is -2.62. The number of ketones is 1. The highest BCUT2D eigenvalue weighted by molar-refractivity contribution is 6.21. The van der Waals surface area contributed by atoms with E-state index in [1.807, 2.05) is 30.3 Å². The highest BCUT2D eigenvalue weighted by atomic mass is 16.5. The Morgan fingerprint density at radius 3 is 2.29 bits per heavy atom. The fourth-order valence-electron chi connectivity index (χ4n) is 2.57. The van der Waals surface area contributed by atoms with Crippen LogP contribution in [0.3, 0.4) is 0 Å². The summed E-state index contributed by atoms with van der Waals surface area (Å²) in [6.45, 7) is 0.125. The first kappa shape index (κ1) is 13.4. The lowest BCUT2D eigenvalue weighted by atomic mass is 9.97. The molecule has 1 aliphatic rings. The monoisotopic (exact) mass is 281 g/mol. The molecule has 2 aromatic carbocycles. The Balaban J connectivity index is 1.90. The van der Waals surface area contributed by atoms with Gasteiger partial charge in [0.1, 0.15) is 11.7 Å². The maximum atomic E-state index is 12.5. The van der Waals surface area contributed by atoms with Crippen molar-refractivity contribution in [2.24, 2.45) is 0 Å². The average molecular weight is 281 g/mol. The van der Waals surface area contributed by atoms with Crippen LogP contribution in [-0.4, -0.2) is 25.3 Å². The highest BCUT2D eigenvalue weighted by Crippen LogP contribution is 2.30. The molecule has 0 aromatic heterocycles. The SMILES string of the molecule is COc1ccc(C2C(=O)CN(c3ccccc3)C2=O)cc1. The molecule has 1 heterocycles. The number of nitrogens with zero attached hydrogens (tertiary/aromatic N) is 1. The van der Waals surface area contributed by atoms with Gasteiger partial charge in [-0.25, -0.2) is 0 Å². The van der Waals surface area contributed by atoms with Crippen LogP contribution in [0.15, 0.2) is 54.6 Å². The van der Waals surface area contributed by atoms with Crippen LogP contribution in [0.5, 0.6) is 5.75 Å². The maximum Gasteiger partial charge on any atom is 0.242 e. The number of benzene rings is 2. The lowest BCUT2D eigenvalue weighted by Gasteiger charge is -2.15. The minimum absolute atomic E-state index is 0.0750. The van der Waals surface area contributed by atoms with Gasteiger partial charge in [0.05, 0.1) is 13.7 Å². The van der Waals surface area contributed by atoms with Crippen molar-refractivity contribution in [3.63, 3.8) is 0 Å². The van der Waals surface area contributed by atoms with E-state index in [0.29, 0.717) is 11.3 Å². The molecular weight excluding hydrogens is 266 g/mol. The van der Waals surface area contributed by atoms with Crippen LogP contribution in [0.25, 0.3) is 0 Å². The molecule has 106 valence electrons. The van der Waals surface area contributed by atoms with Gasteiger partial charge in [-0.1, -0.05) is 30.3 Å². The zero-order valence-corrected chi connectivity index (χ0v) is 11.7.